The van der Waals surface area contributed by atoms with Crippen LogP contribution in [0.2, 0.25) is 0 Å². The summed E-state index contributed by atoms with van der Waals surface area (Å²) in [5, 5.41) is 0.811. The number of carbonyl (C=O) groups excluding carboxylic acids is 2. The standard InChI is InChI=1S/C23H21F3N4O4S/c1-14-21(31)30(16-8-10-17(11-9-16)35(33,34)23(24,25)26)22(32)29(14)13-15-12-20(28(2)3)27-19-7-5-4-6-18(15)19/h4-12,14H,13H2,1-3H3. The molecule has 1 saturated heterocycles. The number of urea groups is 1. The fourth-order valence-electron chi connectivity index (χ4n) is 3.83. The Labute approximate surface area is 199 Å². The molecule has 4 rings (SSSR count). The molecule has 0 saturated carbocycles. The predicted molar refractivity (Wildman–Crippen MR) is 124 cm³/mol. The summed E-state index contributed by atoms with van der Waals surface area (Å²) in [5.74, 6) is 0.0928. The molecule has 184 valence electrons. The van der Waals surface area contributed by atoms with E-state index in [1.807, 2.05) is 49.3 Å². The van der Waals surface area contributed by atoms with Crippen LogP contribution in [0.15, 0.2) is 59.5 Å². The van der Waals surface area contributed by atoms with Gasteiger partial charge in [-0.2, -0.15) is 13.2 Å². The second-order valence-electron chi connectivity index (χ2n) is 8.25. The number of alkyl halides is 3. The molecule has 1 fully saturated rings. The molecule has 35 heavy (non-hydrogen) atoms. The molecule has 1 aliphatic heterocycles. The van der Waals surface area contributed by atoms with Crippen molar-refractivity contribution in [2.24, 2.45) is 0 Å². The number of sulfone groups is 1. The van der Waals surface area contributed by atoms with Gasteiger partial charge >= 0.3 is 11.5 Å². The van der Waals surface area contributed by atoms with Gasteiger partial charge in [0.05, 0.1) is 16.1 Å². The van der Waals surface area contributed by atoms with Crippen LogP contribution >= 0.6 is 0 Å². The lowest BCUT2D eigenvalue weighted by atomic mass is 10.1. The summed E-state index contributed by atoms with van der Waals surface area (Å²) < 4.78 is 61.7. The lowest BCUT2D eigenvalue weighted by molar-refractivity contribution is -0.119. The summed E-state index contributed by atoms with van der Waals surface area (Å²) in [4.78, 5) is 33.8. The molecule has 1 aromatic heterocycles. The molecule has 3 aromatic rings. The zero-order valence-corrected chi connectivity index (χ0v) is 19.8. The third kappa shape index (κ3) is 4.18. The van der Waals surface area contributed by atoms with Gasteiger partial charge in [-0.1, -0.05) is 18.2 Å². The van der Waals surface area contributed by atoms with Crippen molar-refractivity contribution in [1.82, 2.24) is 9.88 Å². The quantitative estimate of drug-likeness (QED) is 0.487. The molecule has 8 nitrogen and oxygen atoms in total. The van der Waals surface area contributed by atoms with Gasteiger partial charge in [0.1, 0.15) is 11.9 Å². The molecule has 2 aromatic carbocycles. The minimum atomic E-state index is -5.55. The Balaban J connectivity index is 1.67. The molecular formula is C23H21F3N4O4S. The van der Waals surface area contributed by atoms with Crippen LogP contribution in [0.25, 0.3) is 10.9 Å². The number of anilines is 2. The van der Waals surface area contributed by atoms with Crippen molar-refractivity contribution in [2.75, 3.05) is 23.9 Å². The lowest BCUT2D eigenvalue weighted by Crippen LogP contribution is -2.33. The largest absolute Gasteiger partial charge is 0.501 e. The highest BCUT2D eigenvalue weighted by Crippen LogP contribution is 2.33. The number of aromatic nitrogens is 1. The third-order valence-corrected chi connectivity index (χ3v) is 7.28. The van der Waals surface area contributed by atoms with Crippen LogP contribution < -0.4 is 9.80 Å². The SMILES string of the molecule is CC1C(=O)N(c2ccc(S(=O)(=O)C(F)(F)F)cc2)C(=O)N1Cc1cc(N(C)C)nc2ccccc12. The first kappa shape index (κ1) is 24.5. The van der Waals surface area contributed by atoms with Crippen molar-refractivity contribution < 1.29 is 31.2 Å². The second kappa shape index (κ2) is 8.52. The fraction of sp³-hybridized carbons (Fsp3) is 0.261. The highest BCUT2D eigenvalue weighted by atomic mass is 32.2. The minimum absolute atomic E-state index is 0.0240. The van der Waals surface area contributed by atoms with Crippen molar-refractivity contribution >= 4 is 44.2 Å². The van der Waals surface area contributed by atoms with Gasteiger partial charge in [-0.05, 0) is 48.9 Å². The van der Waals surface area contributed by atoms with E-state index >= 15 is 0 Å². The van der Waals surface area contributed by atoms with Gasteiger partial charge in [0, 0.05) is 26.0 Å². The van der Waals surface area contributed by atoms with Crippen LogP contribution in [0, 0.1) is 0 Å². The van der Waals surface area contributed by atoms with Crippen LogP contribution in [0.5, 0.6) is 0 Å². The number of nitrogens with zero attached hydrogens (tertiary/aromatic N) is 4. The van der Waals surface area contributed by atoms with Crippen LogP contribution in [-0.4, -0.2) is 55.9 Å². The molecule has 1 unspecified atom stereocenters. The summed E-state index contributed by atoms with van der Waals surface area (Å²) in [6.45, 7) is 1.64. The Kier molecular flexibility index (Phi) is 5.95. The van der Waals surface area contributed by atoms with Crippen molar-refractivity contribution in [2.45, 2.75) is 29.9 Å². The molecule has 0 bridgehead atoms. The van der Waals surface area contributed by atoms with Crippen molar-refractivity contribution in [3.63, 3.8) is 0 Å². The molecule has 1 atom stereocenters. The van der Waals surface area contributed by atoms with E-state index in [4.69, 9.17) is 0 Å². The van der Waals surface area contributed by atoms with Crippen molar-refractivity contribution in [3.05, 3.63) is 60.2 Å². The van der Waals surface area contributed by atoms with Crippen LogP contribution in [0.1, 0.15) is 12.5 Å². The van der Waals surface area contributed by atoms with E-state index < -0.39 is 38.2 Å². The number of carbonyl (C=O) groups is 2. The third-order valence-electron chi connectivity index (χ3n) is 5.78. The van der Waals surface area contributed by atoms with Gasteiger partial charge in [-0.3, -0.25) is 4.79 Å². The minimum Gasteiger partial charge on any atom is -0.363 e. The average molecular weight is 507 g/mol. The number of imide groups is 1. The van der Waals surface area contributed by atoms with E-state index in [0.29, 0.717) is 5.82 Å². The van der Waals surface area contributed by atoms with Gasteiger partial charge < -0.3 is 9.80 Å². The maximum atomic E-state index is 13.2. The molecule has 1 aliphatic rings. The Hall–Kier alpha value is -3.67. The first-order chi connectivity index (χ1) is 16.3. The van der Waals surface area contributed by atoms with Gasteiger partial charge in [-0.15, -0.1) is 0 Å². The number of hydrogen-bond donors (Lipinski definition) is 0. The Morgan fingerprint density at radius 2 is 1.66 bits per heavy atom. The summed E-state index contributed by atoms with van der Waals surface area (Å²) >= 11 is 0. The van der Waals surface area contributed by atoms with E-state index in [1.165, 1.54) is 4.90 Å². The molecule has 2 heterocycles. The number of para-hydroxylation sites is 1. The zero-order valence-electron chi connectivity index (χ0n) is 18.9. The molecular weight excluding hydrogens is 485 g/mol. The average Bonchev–Trinajstić information content (AvgIpc) is 3.01. The Morgan fingerprint density at radius 3 is 2.26 bits per heavy atom. The van der Waals surface area contributed by atoms with Crippen LogP contribution in [-0.2, 0) is 21.2 Å². The zero-order chi connectivity index (χ0) is 25.7. The lowest BCUT2D eigenvalue weighted by Gasteiger charge is -2.22. The maximum absolute atomic E-state index is 13.2. The van der Waals surface area contributed by atoms with E-state index in [0.717, 1.165) is 45.6 Å². The molecule has 0 spiro atoms. The maximum Gasteiger partial charge on any atom is 0.501 e. The highest BCUT2D eigenvalue weighted by Gasteiger charge is 2.47. The number of pyridine rings is 1. The van der Waals surface area contributed by atoms with Gasteiger partial charge in [0.2, 0.25) is 0 Å². The fourth-order valence-corrected chi connectivity index (χ4v) is 4.60. The van der Waals surface area contributed by atoms with E-state index in [9.17, 15) is 31.2 Å². The number of benzene rings is 2. The van der Waals surface area contributed by atoms with E-state index in [2.05, 4.69) is 4.98 Å². The summed E-state index contributed by atoms with van der Waals surface area (Å²) in [7, 11) is -1.88. The van der Waals surface area contributed by atoms with Gasteiger partial charge in [0.25, 0.3) is 15.7 Å². The number of hydrogen-bond acceptors (Lipinski definition) is 6. The Morgan fingerprint density at radius 1 is 1.03 bits per heavy atom. The molecule has 12 heteroatoms. The number of amides is 3. The Bertz CT molecular complexity index is 1420. The van der Waals surface area contributed by atoms with Crippen LogP contribution in [0.3, 0.4) is 0 Å². The summed E-state index contributed by atoms with van der Waals surface area (Å²) in [6, 6.07) is 11.2. The highest BCUT2D eigenvalue weighted by molar-refractivity contribution is 7.92. The first-order valence-electron chi connectivity index (χ1n) is 10.4. The van der Waals surface area contributed by atoms with E-state index in [1.54, 1.807) is 6.92 Å². The molecule has 0 N–H and O–H groups in total. The monoisotopic (exact) mass is 506 g/mol. The molecule has 3 amide bonds. The van der Waals surface area contributed by atoms with E-state index in [-0.39, 0.29) is 12.2 Å². The normalized spacial score (nSPS) is 16.9. The molecule has 0 radical (unpaired) electrons. The summed E-state index contributed by atoms with van der Waals surface area (Å²) in [6.07, 6.45) is 0. The van der Waals surface area contributed by atoms with Crippen LogP contribution in [0.4, 0.5) is 29.5 Å². The van der Waals surface area contributed by atoms with Gasteiger partial charge in [0.15, 0.2) is 0 Å². The summed E-state index contributed by atoms with van der Waals surface area (Å²) in [5.41, 5.74) is -4.00. The molecule has 0 aliphatic carbocycles. The second-order valence-corrected chi connectivity index (χ2v) is 10.2. The number of rotatable bonds is 5. The number of fused-ring (bicyclic) bond motifs is 1. The first-order valence-corrected chi connectivity index (χ1v) is 11.9. The van der Waals surface area contributed by atoms with Crippen molar-refractivity contribution in [3.8, 4) is 0 Å². The van der Waals surface area contributed by atoms with Crippen molar-refractivity contribution in [1.29, 1.82) is 0 Å². The predicted octanol–water partition coefficient (Wildman–Crippen LogP) is 3.95. The number of halogens is 3. The topological polar surface area (TPSA) is 90.9 Å². The smallest absolute Gasteiger partial charge is 0.363 e. The van der Waals surface area contributed by atoms with Gasteiger partial charge in [-0.25, -0.2) is 23.1 Å².